The van der Waals surface area contributed by atoms with Crippen molar-refractivity contribution >= 4 is 41.4 Å². The molecule has 0 aromatic rings. The molecule has 0 heterocycles. The summed E-state index contributed by atoms with van der Waals surface area (Å²) in [4.78, 5) is 79.2. The van der Waals surface area contributed by atoms with Crippen LogP contribution in [0.3, 0.4) is 0 Å². The average Bonchev–Trinajstić information content (AvgIpc) is 1.45. The quantitative estimate of drug-likeness (QED) is 0.0539. The number of hydrogen-bond acceptors (Lipinski definition) is 13. The molecule has 20 aliphatic carbocycles. The molecule has 18 fully saturated rings. The lowest BCUT2D eigenvalue weighted by atomic mass is 9.43. The summed E-state index contributed by atoms with van der Waals surface area (Å²) in [5, 5.41) is 110. The van der Waals surface area contributed by atoms with Crippen molar-refractivity contribution in [2.24, 2.45) is 226 Å². The number of fused-ring (bicyclic) bond motifs is 25. The van der Waals surface area contributed by atoms with Gasteiger partial charge in [-0.15, -0.1) is 0 Å². The molecule has 0 radical (unpaired) electrons. The van der Waals surface area contributed by atoms with Crippen LogP contribution in [-0.4, -0.2) is 134 Å². The monoisotopic (exact) mass is 1920 g/mol. The number of carbonyl (C=O) groups excluding carboxylic acids is 2. The smallest absolute Gasteiger partial charge is 0.303 e. The van der Waals surface area contributed by atoms with Crippen molar-refractivity contribution in [1.82, 2.24) is 0 Å². The fraction of sp³-hybridized carbons (Fsp3) is 0.908. The maximum absolute atomic E-state index is 12.1. The first kappa shape index (κ1) is 107. The normalized spacial score (nSPS) is 49.4. The zero-order valence-electron chi connectivity index (χ0n) is 88.4. The van der Waals surface area contributed by atoms with E-state index < -0.39 is 29.8 Å². The third-order valence-corrected chi connectivity index (χ3v) is 50.1. The van der Waals surface area contributed by atoms with Crippen molar-refractivity contribution in [3.05, 3.63) is 23.8 Å². The first-order chi connectivity index (χ1) is 65.0. The molecule has 20 aliphatic rings. The molecule has 0 spiro atoms. The first-order valence-electron chi connectivity index (χ1n) is 57.7. The van der Waals surface area contributed by atoms with Crippen LogP contribution < -0.4 is 0 Å². The number of carboxylic acids is 5. The Labute approximate surface area is 831 Å². The molecule has 20 rings (SSSR count). The van der Waals surface area contributed by atoms with E-state index in [0.717, 1.165) is 165 Å². The van der Waals surface area contributed by atoms with Crippen molar-refractivity contribution < 1.29 is 89.7 Å². The lowest BCUT2D eigenvalue weighted by Gasteiger charge is -2.62. The SMILES string of the molecule is C[C@H](CCC(=O)O)[C@H]1CC[C@H]2[C@@H]3C=CC4=CC(=O)CC[C@]4(C)[C@H]3CC[C@]12C.C[C@H](CCC(=O)O)[C@H]1CC[C@H]2[C@@H]3CC[C@@H]4CC(=O)CC[C@]4(C)[C@H]3C[C@H](O)[C@]12C.C[C@H](CCC(=O)O)[C@H]1CC[C@H]2[C@H]3CC[C@H]4C[C@H](O)CC[C@]4(C)[C@H]3CC[C@]12C.C[C@H](CCC(=O)O)[C@H]1CC[C@H]2[C@H]3CC[C@H]4C[C@H](O)CC[C@]4(C)[C@H]3C[C@H](O)[C@]12C.C[C@H](CCC(=O)O)[C@H]1CC[C@H]2[C@H]3CC[C@H]4C[C@H](O)CC[C@]4(C)[C@H]3C[C@H](O)[C@]12C. The van der Waals surface area contributed by atoms with E-state index in [0.29, 0.717) is 201 Å². The van der Waals surface area contributed by atoms with Gasteiger partial charge in [0.2, 0.25) is 0 Å². The number of allylic oxidation sites excluding steroid dienone is 4. The molecule has 45 atom stereocenters. The largest absolute Gasteiger partial charge is 0.481 e. The van der Waals surface area contributed by atoms with Crippen LogP contribution in [0.1, 0.15) is 418 Å². The molecular weight excluding hydrogens is 1730 g/mol. The van der Waals surface area contributed by atoms with Crippen molar-refractivity contribution in [2.45, 2.75) is 455 Å². The van der Waals surface area contributed by atoms with Crippen LogP contribution in [-0.2, 0) is 33.6 Å². The lowest BCUT2D eigenvalue weighted by molar-refractivity contribution is -0.175. The number of carbonyl (C=O) groups is 7. The van der Waals surface area contributed by atoms with Gasteiger partial charge in [0.15, 0.2) is 5.78 Å². The van der Waals surface area contributed by atoms with Crippen LogP contribution in [0.5, 0.6) is 0 Å². The summed E-state index contributed by atoms with van der Waals surface area (Å²) in [5.74, 6) is 14.5. The Kier molecular flexibility index (Phi) is 31.9. The van der Waals surface area contributed by atoms with E-state index in [1.807, 2.05) is 6.08 Å². The number of aliphatic hydroxyl groups is 6. The predicted molar refractivity (Wildman–Crippen MR) is 538 cm³/mol. The minimum Gasteiger partial charge on any atom is -0.481 e. The van der Waals surface area contributed by atoms with E-state index in [2.05, 4.69) is 116 Å². The van der Waals surface area contributed by atoms with Gasteiger partial charge in [0.05, 0.1) is 36.6 Å². The zero-order chi connectivity index (χ0) is 99.6. The summed E-state index contributed by atoms with van der Waals surface area (Å²) in [7, 11) is 0. The molecule has 18 heteroatoms. The first-order valence-corrected chi connectivity index (χ1v) is 57.7. The number of aliphatic carboxylic acids is 5. The van der Waals surface area contributed by atoms with Crippen LogP contribution in [0, 0.1) is 226 Å². The molecule has 780 valence electrons. The fourth-order valence-electron chi connectivity index (χ4n) is 42.2. The molecular formula is C120H192O18. The molecule has 18 saturated carbocycles. The van der Waals surface area contributed by atoms with E-state index in [1.54, 1.807) is 0 Å². The zero-order valence-corrected chi connectivity index (χ0v) is 88.4. The van der Waals surface area contributed by atoms with Crippen LogP contribution in [0.2, 0.25) is 0 Å². The van der Waals surface area contributed by atoms with Crippen molar-refractivity contribution in [1.29, 1.82) is 0 Å². The lowest BCUT2D eigenvalue weighted by Crippen LogP contribution is -2.58. The molecule has 138 heavy (non-hydrogen) atoms. The number of rotatable bonds is 20. The summed E-state index contributed by atoms with van der Waals surface area (Å²) in [6, 6.07) is 0. The van der Waals surface area contributed by atoms with E-state index in [4.69, 9.17) is 25.5 Å². The number of ketones is 2. The summed E-state index contributed by atoms with van der Waals surface area (Å²) in [6.07, 6.45) is 54.1. The second kappa shape index (κ2) is 41.2. The summed E-state index contributed by atoms with van der Waals surface area (Å²) in [6.45, 7) is 35.5. The third kappa shape index (κ3) is 19.2. The Balaban J connectivity index is 0.000000125. The van der Waals surface area contributed by atoms with Gasteiger partial charge < -0.3 is 56.2 Å². The Morgan fingerprint density at radius 3 is 0.978 bits per heavy atom. The van der Waals surface area contributed by atoms with Crippen molar-refractivity contribution in [3.63, 3.8) is 0 Å². The second-order valence-corrected chi connectivity index (χ2v) is 55.2. The molecule has 0 amide bonds. The highest BCUT2D eigenvalue weighted by molar-refractivity contribution is 5.92. The molecule has 0 aromatic heterocycles. The van der Waals surface area contributed by atoms with Gasteiger partial charge in [-0.3, -0.25) is 33.6 Å². The van der Waals surface area contributed by atoms with Gasteiger partial charge in [-0.1, -0.05) is 116 Å². The number of hydrogen-bond donors (Lipinski definition) is 11. The van der Waals surface area contributed by atoms with E-state index in [9.17, 15) is 64.2 Å². The topological polar surface area (TPSA) is 342 Å². The van der Waals surface area contributed by atoms with Gasteiger partial charge >= 0.3 is 29.8 Å². The van der Waals surface area contributed by atoms with Gasteiger partial charge in [0.1, 0.15) is 5.78 Å². The van der Waals surface area contributed by atoms with Crippen LogP contribution in [0.25, 0.3) is 0 Å². The van der Waals surface area contributed by atoms with Gasteiger partial charge in [0.25, 0.3) is 0 Å². The number of carboxylic acid groups (broad SMARTS) is 5. The molecule has 11 N–H and O–H groups in total. The number of Topliss-reactive ketones (excluding diaryl/α,β-unsaturated/α-hetero) is 1. The average molecular weight is 1920 g/mol. The molecule has 0 aromatic carbocycles. The molecule has 0 unspecified atom stereocenters. The van der Waals surface area contributed by atoms with E-state index in [1.165, 1.54) is 134 Å². The van der Waals surface area contributed by atoms with Crippen LogP contribution in [0.15, 0.2) is 23.8 Å². The predicted octanol–water partition coefficient (Wildman–Crippen LogP) is 24.6. The fourth-order valence-corrected chi connectivity index (χ4v) is 42.2. The van der Waals surface area contributed by atoms with E-state index >= 15 is 0 Å². The second-order valence-electron chi connectivity index (χ2n) is 55.2. The van der Waals surface area contributed by atoms with Gasteiger partial charge in [-0.2, -0.15) is 0 Å². The highest BCUT2D eigenvalue weighted by Crippen LogP contribution is 2.76. The maximum atomic E-state index is 12.1. The van der Waals surface area contributed by atoms with E-state index in [-0.39, 0.29) is 93.8 Å². The van der Waals surface area contributed by atoms with Gasteiger partial charge in [-0.25, -0.2) is 0 Å². The third-order valence-electron chi connectivity index (χ3n) is 50.1. The molecule has 0 bridgehead atoms. The number of aliphatic hydroxyl groups excluding tert-OH is 6. The minimum absolute atomic E-state index is 0.0561. The summed E-state index contributed by atoms with van der Waals surface area (Å²) >= 11 is 0. The Morgan fingerprint density at radius 2 is 0.601 bits per heavy atom. The molecule has 18 nitrogen and oxygen atoms in total. The molecule has 0 saturated heterocycles. The summed E-state index contributed by atoms with van der Waals surface area (Å²) < 4.78 is 0. The Hall–Kier alpha value is -4.07. The summed E-state index contributed by atoms with van der Waals surface area (Å²) in [5.41, 5.74) is 3.23. The van der Waals surface area contributed by atoms with Gasteiger partial charge in [-0.05, 0) is 501 Å². The standard InChI is InChI=1S/2C24H40O4.C24H38O4.C24H40O3.C24H34O3/c3*1-14(4-9-22(27)28)18-7-8-19-17-6-5-15-12-16(25)10-11-23(15,2)20(17)13-21(26)24(18,19)3;2*1-15(4-9-22(26)27)19-7-8-20-18-6-5-16-14-17(25)10-12-23(16,2)21(18)11-13-24(19,20)3/h2*14-21,25-26H,4-13H2,1-3H3,(H,27,28);14-15,17-21,26H,4-13H2,1-3H3,(H,27,28);15-21,25H,4-14H2,1-3H3,(H,26,27);5-6,14-15,18-21H,4,7-13H2,1-3H3,(H,26,27)/t2*14-,15+,16-,17-,18-,19+,20+,21+,23+,24-;14-,15-,17+,18-,19+,20+,21+,23+,24-;15-,16+,17-,18-,19-,20+,21+,23+,24-;15-,18+,19-,20+,21+,23+,24-/m11111/s1. The maximum Gasteiger partial charge on any atom is 0.303 e. The Morgan fingerprint density at radius 1 is 0.304 bits per heavy atom. The van der Waals surface area contributed by atoms with Crippen LogP contribution in [0.4, 0.5) is 0 Å². The van der Waals surface area contributed by atoms with Crippen LogP contribution >= 0.6 is 0 Å². The minimum atomic E-state index is -0.714. The van der Waals surface area contributed by atoms with Gasteiger partial charge in [0, 0.05) is 51.4 Å². The highest BCUT2D eigenvalue weighted by Gasteiger charge is 2.70. The highest BCUT2D eigenvalue weighted by atomic mass is 16.4. The van der Waals surface area contributed by atoms with Crippen molar-refractivity contribution in [3.8, 4) is 0 Å². The molecule has 0 aliphatic heterocycles. The Bertz CT molecular complexity index is 4280. The van der Waals surface area contributed by atoms with Crippen molar-refractivity contribution in [2.75, 3.05) is 0 Å².